The molecule has 0 radical (unpaired) electrons. The highest BCUT2D eigenvalue weighted by molar-refractivity contribution is 5.47. The summed E-state index contributed by atoms with van der Waals surface area (Å²) in [7, 11) is 3.91. The van der Waals surface area contributed by atoms with Crippen LogP contribution < -0.4 is 10.5 Å². The smallest absolute Gasteiger partial charge is 0.123 e. The van der Waals surface area contributed by atoms with Gasteiger partial charge in [-0.2, -0.15) is 0 Å². The zero-order valence-electron chi connectivity index (χ0n) is 12.7. The lowest BCUT2D eigenvalue weighted by Crippen LogP contribution is -2.22. The summed E-state index contributed by atoms with van der Waals surface area (Å²) >= 11 is 0. The van der Waals surface area contributed by atoms with Crippen LogP contribution in [-0.4, -0.2) is 19.1 Å². The Morgan fingerprint density at radius 1 is 1.24 bits per heavy atom. The average Bonchev–Trinajstić information content (AvgIpc) is 2.90. The minimum Gasteiger partial charge on any atom is -0.496 e. The van der Waals surface area contributed by atoms with Gasteiger partial charge in [0.1, 0.15) is 5.75 Å². The van der Waals surface area contributed by atoms with E-state index in [2.05, 4.69) is 36.2 Å². The van der Waals surface area contributed by atoms with Gasteiger partial charge < -0.3 is 10.5 Å². The largest absolute Gasteiger partial charge is 0.496 e. The van der Waals surface area contributed by atoms with Crippen LogP contribution in [0.1, 0.15) is 29.2 Å². The van der Waals surface area contributed by atoms with Crippen LogP contribution in [0.25, 0.3) is 0 Å². The van der Waals surface area contributed by atoms with E-state index >= 15 is 0 Å². The lowest BCUT2D eigenvalue weighted by molar-refractivity contribution is 0.232. The van der Waals surface area contributed by atoms with Crippen LogP contribution in [-0.2, 0) is 13.0 Å². The van der Waals surface area contributed by atoms with Crippen molar-refractivity contribution in [3.8, 4) is 5.75 Å². The number of nitrogen functional groups attached to an aromatic ring is 1. The van der Waals surface area contributed by atoms with Crippen molar-refractivity contribution in [3.63, 3.8) is 0 Å². The van der Waals surface area contributed by atoms with E-state index in [0.717, 1.165) is 30.8 Å². The summed E-state index contributed by atoms with van der Waals surface area (Å²) in [6.07, 6.45) is 2.27. The van der Waals surface area contributed by atoms with Crippen molar-refractivity contribution in [2.24, 2.45) is 0 Å². The third kappa shape index (κ3) is 2.74. The third-order valence-electron chi connectivity index (χ3n) is 4.36. The van der Waals surface area contributed by atoms with Gasteiger partial charge in [0.15, 0.2) is 0 Å². The lowest BCUT2D eigenvalue weighted by atomic mass is 10.1. The van der Waals surface area contributed by atoms with E-state index in [-0.39, 0.29) is 0 Å². The standard InChI is InChI=1S/C18H22N2O/c1-20(12-14-5-3-4-6-18(14)21-2)17-10-7-13-11-15(19)8-9-16(13)17/h3-6,8-9,11,17H,7,10,12,19H2,1-2H3. The first kappa shape index (κ1) is 14.0. The molecule has 1 unspecified atom stereocenters. The van der Waals surface area contributed by atoms with Crippen LogP contribution in [0.5, 0.6) is 5.75 Å². The number of para-hydroxylation sites is 1. The monoisotopic (exact) mass is 282 g/mol. The molecule has 0 bridgehead atoms. The molecule has 110 valence electrons. The fourth-order valence-corrected chi connectivity index (χ4v) is 3.29. The van der Waals surface area contributed by atoms with Gasteiger partial charge in [0.05, 0.1) is 7.11 Å². The molecule has 0 heterocycles. The molecule has 3 nitrogen and oxygen atoms in total. The van der Waals surface area contributed by atoms with E-state index in [4.69, 9.17) is 10.5 Å². The Labute approximate surface area is 126 Å². The van der Waals surface area contributed by atoms with Gasteiger partial charge >= 0.3 is 0 Å². The van der Waals surface area contributed by atoms with Crippen molar-refractivity contribution < 1.29 is 4.74 Å². The van der Waals surface area contributed by atoms with Crippen molar-refractivity contribution >= 4 is 5.69 Å². The molecule has 1 atom stereocenters. The van der Waals surface area contributed by atoms with Crippen LogP contribution in [0.3, 0.4) is 0 Å². The van der Waals surface area contributed by atoms with Crippen LogP contribution in [0.15, 0.2) is 42.5 Å². The number of methoxy groups -OCH3 is 1. The number of fused-ring (bicyclic) bond motifs is 1. The number of anilines is 1. The summed E-state index contributed by atoms with van der Waals surface area (Å²) in [4.78, 5) is 2.40. The number of hydrogen-bond acceptors (Lipinski definition) is 3. The number of hydrogen-bond donors (Lipinski definition) is 1. The second kappa shape index (κ2) is 5.78. The molecule has 0 amide bonds. The Morgan fingerprint density at radius 2 is 2.05 bits per heavy atom. The highest BCUT2D eigenvalue weighted by atomic mass is 16.5. The van der Waals surface area contributed by atoms with E-state index in [9.17, 15) is 0 Å². The molecule has 0 spiro atoms. The minimum absolute atomic E-state index is 0.463. The molecule has 2 aromatic rings. The Kier molecular flexibility index (Phi) is 3.84. The highest BCUT2D eigenvalue weighted by Gasteiger charge is 2.26. The van der Waals surface area contributed by atoms with Crippen LogP contribution in [0.4, 0.5) is 5.69 Å². The fraction of sp³-hybridized carbons (Fsp3) is 0.333. The predicted molar refractivity (Wildman–Crippen MR) is 86.4 cm³/mol. The second-order valence-corrected chi connectivity index (χ2v) is 5.74. The van der Waals surface area contributed by atoms with E-state index in [1.165, 1.54) is 16.7 Å². The van der Waals surface area contributed by atoms with Gasteiger partial charge in [-0.05, 0) is 49.2 Å². The van der Waals surface area contributed by atoms with Gasteiger partial charge in [-0.15, -0.1) is 0 Å². The molecule has 2 aromatic carbocycles. The summed E-state index contributed by atoms with van der Waals surface area (Å²) in [5.74, 6) is 0.958. The third-order valence-corrected chi connectivity index (χ3v) is 4.36. The highest BCUT2D eigenvalue weighted by Crippen LogP contribution is 2.37. The van der Waals surface area contributed by atoms with Crippen molar-refractivity contribution in [1.82, 2.24) is 4.90 Å². The van der Waals surface area contributed by atoms with Crippen molar-refractivity contribution in [2.75, 3.05) is 19.9 Å². The lowest BCUT2D eigenvalue weighted by Gasteiger charge is -2.26. The van der Waals surface area contributed by atoms with E-state index in [1.807, 2.05) is 18.2 Å². The van der Waals surface area contributed by atoms with Gasteiger partial charge in [-0.25, -0.2) is 0 Å². The Morgan fingerprint density at radius 3 is 2.86 bits per heavy atom. The summed E-state index contributed by atoms with van der Waals surface area (Å²) < 4.78 is 5.45. The van der Waals surface area contributed by atoms with E-state index < -0.39 is 0 Å². The molecule has 0 saturated heterocycles. The average molecular weight is 282 g/mol. The molecule has 3 heteroatoms. The number of aryl methyl sites for hydroxylation is 1. The first-order valence-corrected chi connectivity index (χ1v) is 7.39. The number of nitrogens with two attached hydrogens (primary N) is 1. The fourth-order valence-electron chi connectivity index (χ4n) is 3.29. The molecule has 0 aliphatic heterocycles. The maximum atomic E-state index is 5.88. The summed E-state index contributed by atoms with van der Waals surface area (Å²) in [5.41, 5.74) is 10.8. The number of ether oxygens (including phenoxy) is 1. The quantitative estimate of drug-likeness (QED) is 0.874. The van der Waals surface area contributed by atoms with Gasteiger partial charge in [0.25, 0.3) is 0 Å². The maximum Gasteiger partial charge on any atom is 0.123 e. The molecule has 1 aliphatic rings. The summed E-state index contributed by atoms with van der Waals surface area (Å²) in [6, 6.07) is 15.0. The molecule has 0 saturated carbocycles. The zero-order chi connectivity index (χ0) is 14.8. The predicted octanol–water partition coefficient (Wildman–Crippen LogP) is 3.40. The summed E-state index contributed by atoms with van der Waals surface area (Å²) in [6.45, 7) is 0.887. The van der Waals surface area contributed by atoms with E-state index in [0.29, 0.717) is 6.04 Å². The Bertz CT molecular complexity index is 639. The van der Waals surface area contributed by atoms with Gasteiger partial charge in [-0.3, -0.25) is 4.90 Å². The van der Waals surface area contributed by atoms with Gasteiger partial charge in [0.2, 0.25) is 0 Å². The molecule has 1 aliphatic carbocycles. The first-order chi connectivity index (χ1) is 10.2. The molecule has 2 N–H and O–H groups in total. The maximum absolute atomic E-state index is 5.88. The molecular formula is C18H22N2O. The van der Waals surface area contributed by atoms with Gasteiger partial charge in [-0.1, -0.05) is 24.3 Å². The van der Waals surface area contributed by atoms with Crippen molar-refractivity contribution in [2.45, 2.75) is 25.4 Å². The van der Waals surface area contributed by atoms with Gasteiger partial charge in [0, 0.05) is 23.8 Å². The molecule has 0 fully saturated rings. The van der Waals surface area contributed by atoms with Crippen LogP contribution in [0.2, 0.25) is 0 Å². The minimum atomic E-state index is 0.463. The Hall–Kier alpha value is -2.00. The molecule has 21 heavy (non-hydrogen) atoms. The number of nitrogens with zero attached hydrogens (tertiary/aromatic N) is 1. The molecule has 3 rings (SSSR count). The first-order valence-electron chi connectivity index (χ1n) is 7.39. The van der Waals surface area contributed by atoms with Crippen LogP contribution >= 0.6 is 0 Å². The second-order valence-electron chi connectivity index (χ2n) is 5.74. The van der Waals surface area contributed by atoms with Crippen molar-refractivity contribution in [3.05, 3.63) is 59.2 Å². The van der Waals surface area contributed by atoms with E-state index in [1.54, 1.807) is 7.11 Å². The normalized spacial score (nSPS) is 17.0. The topological polar surface area (TPSA) is 38.5 Å². The SMILES string of the molecule is COc1ccccc1CN(C)C1CCc2cc(N)ccc21. The number of rotatable bonds is 4. The zero-order valence-corrected chi connectivity index (χ0v) is 12.7. The van der Waals surface area contributed by atoms with Crippen molar-refractivity contribution in [1.29, 1.82) is 0 Å². The summed E-state index contributed by atoms with van der Waals surface area (Å²) in [5, 5.41) is 0. The molecular weight excluding hydrogens is 260 g/mol. The molecule has 0 aromatic heterocycles. The Balaban J connectivity index is 1.80. The van der Waals surface area contributed by atoms with Crippen LogP contribution in [0, 0.1) is 0 Å². The number of benzene rings is 2.